The highest BCUT2D eigenvalue weighted by molar-refractivity contribution is 5.60. The van der Waals surface area contributed by atoms with E-state index in [9.17, 15) is 4.39 Å². The molecule has 96 valence electrons. The van der Waals surface area contributed by atoms with Crippen LogP contribution in [-0.4, -0.2) is 16.4 Å². The molecule has 0 amide bonds. The Labute approximate surface area is 105 Å². The second-order valence-electron chi connectivity index (χ2n) is 4.09. The SMILES string of the molecule is CCCOc1cc(-n2ccc(C)n2)c(N)cc1F. The zero-order valence-electron chi connectivity index (χ0n) is 10.5. The number of aromatic nitrogens is 2. The summed E-state index contributed by atoms with van der Waals surface area (Å²) in [7, 11) is 0. The number of nitrogen functional groups attached to an aromatic ring is 1. The van der Waals surface area contributed by atoms with Crippen LogP contribution in [0, 0.1) is 12.7 Å². The molecule has 0 radical (unpaired) electrons. The van der Waals surface area contributed by atoms with E-state index in [0.29, 0.717) is 18.0 Å². The van der Waals surface area contributed by atoms with Crippen LogP contribution < -0.4 is 10.5 Å². The molecule has 2 N–H and O–H groups in total. The van der Waals surface area contributed by atoms with Crippen molar-refractivity contribution in [3.05, 3.63) is 35.9 Å². The Bertz CT molecular complexity index is 551. The van der Waals surface area contributed by atoms with Gasteiger partial charge >= 0.3 is 0 Å². The van der Waals surface area contributed by atoms with Crippen LogP contribution in [0.2, 0.25) is 0 Å². The van der Waals surface area contributed by atoms with E-state index < -0.39 is 5.82 Å². The summed E-state index contributed by atoms with van der Waals surface area (Å²) in [6.45, 7) is 4.32. The minimum atomic E-state index is -0.450. The molecule has 0 bridgehead atoms. The third kappa shape index (κ3) is 2.45. The van der Waals surface area contributed by atoms with E-state index in [1.807, 2.05) is 19.9 Å². The van der Waals surface area contributed by atoms with Crippen molar-refractivity contribution in [2.24, 2.45) is 0 Å². The van der Waals surface area contributed by atoms with Gasteiger partial charge in [0.25, 0.3) is 0 Å². The second-order valence-corrected chi connectivity index (χ2v) is 4.09. The molecule has 18 heavy (non-hydrogen) atoms. The maximum absolute atomic E-state index is 13.6. The molecule has 1 aromatic heterocycles. The number of rotatable bonds is 4. The standard InChI is InChI=1S/C13H16FN3O/c1-3-6-18-13-8-12(11(15)7-10(13)14)17-5-4-9(2)16-17/h4-5,7-8H,3,6,15H2,1-2H3. The maximum Gasteiger partial charge on any atom is 0.167 e. The van der Waals surface area contributed by atoms with Gasteiger partial charge in [-0.3, -0.25) is 0 Å². The number of aryl methyl sites for hydroxylation is 1. The number of ether oxygens (including phenoxy) is 1. The summed E-state index contributed by atoms with van der Waals surface area (Å²) < 4.78 is 20.6. The Hall–Kier alpha value is -2.04. The fourth-order valence-corrected chi connectivity index (χ4v) is 1.63. The molecule has 5 heteroatoms. The van der Waals surface area contributed by atoms with Crippen molar-refractivity contribution in [2.45, 2.75) is 20.3 Å². The Morgan fingerprint density at radius 3 is 2.83 bits per heavy atom. The molecule has 0 atom stereocenters. The predicted octanol–water partition coefficient (Wildman–Crippen LogP) is 2.69. The Balaban J connectivity index is 2.41. The molecule has 0 aliphatic heterocycles. The number of nitrogens with two attached hydrogens (primary N) is 1. The molecule has 0 aliphatic rings. The molecular weight excluding hydrogens is 233 g/mol. The Morgan fingerprint density at radius 1 is 1.44 bits per heavy atom. The van der Waals surface area contributed by atoms with Crippen molar-refractivity contribution in [3.63, 3.8) is 0 Å². The molecule has 0 spiro atoms. The topological polar surface area (TPSA) is 53.1 Å². The van der Waals surface area contributed by atoms with Crippen LogP contribution in [0.3, 0.4) is 0 Å². The zero-order valence-corrected chi connectivity index (χ0v) is 10.5. The van der Waals surface area contributed by atoms with Crippen LogP contribution in [0.15, 0.2) is 24.4 Å². The summed E-state index contributed by atoms with van der Waals surface area (Å²) in [5.41, 5.74) is 7.63. The lowest BCUT2D eigenvalue weighted by Crippen LogP contribution is -2.04. The number of hydrogen-bond acceptors (Lipinski definition) is 3. The van der Waals surface area contributed by atoms with E-state index in [4.69, 9.17) is 10.5 Å². The van der Waals surface area contributed by atoms with Gasteiger partial charge in [0, 0.05) is 18.3 Å². The normalized spacial score (nSPS) is 10.6. The van der Waals surface area contributed by atoms with E-state index in [1.165, 1.54) is 6.07 Å². The number of nitrogens with zero attached hydrogens (tertiary/aromatic N) is 2. The molecular formula is C13H16FN3O. The van der Waals surface area contributed by atoms with E-state index in [2.05, 4.69) is 5.10 Å². The van der Waals surface area contributed by atoms with Gasteiger partial charge in [0.15, 0.2) is 11.6 Å². The average Bonchev–Trinajstić information content (AvgIpc) is 2.74. The second kappa shape index (κ2) is 5.08. The third-order valence-corrected chi connectivity index (χ3v) is 2.51. The zero-order chi connectivity index (χ0) is 13.1. The van der Waals surface area contributed by atoms with Gasteiger partial charge in [-0.15, -0.1) is 0 Å². The van der Waals surface area contributed by atoms with Crippen molar-refractivity contribution < 1.29 is 9.13 Å². The summed E-state index contributed by atoms with van der Waals surface area (Å²) in [6.07, 6.45) is 2.60. The first-order valence-corrected chi connectivity index (χ1v) is 5.86. The van der Waals surface area contributed by atoms with Crippen molar-refractivity contribution in [1.82, 2.24) is 9.78 Å². The fourth-order valence-electron chi connectivity index (χ4n) is 1.63. The first-order chi connectivity index (χ1) is 8.61. The highest BCUT2D eigenvalue weighted by atomic mass is 19.1. The Morgan fingerprint density at radius 2 is 2.22 bits per heavy atom. The number of benzene rings is 1. The minimum absolute atomic E-state index is 0.203. The monoisotopic (exact) mass is 249 g/mol. The molecule has 2 rings (SSSR count). The molecule has 0 fully saturated rings. The van der Waals surface area contributed by atoms with Crippen LogP contribution in [0.25, 0.3) is 5.69 Å². The summed E-state index contributed by atoms with van der Waals surface area (Å²) in [5.74, 6) is -0.247. The number of hydrogen-bond donors (Lipinski definition) is 1. The number of anilines is 1. The molecule has 0 saturated heterocycles. The van der Waals surface area contributed by atoms with Crippen molar-refractivity contribution >= 4 is 5.69 Å². The summed E-state index contributed by atoms with van der Waals surface area (Å²) in [6, 6.07) is 4.69. The van der Waals surface area contributed by atoms with Gasteiger partial charge in [0.05, 0.1) is 23.7 Å². The summed E-state index contributed by atoms with van der Waals surface area (Å²) in [4.78, 5) is 0. The van der Waals surface area contributed by atoms with Gasteiger partial charge in [-0.25, -0.2) is 9.07 Å². The van der Waals surface area contributed by atoms with Crippen molar-refractivity contribution in [2.75, 3.05) is 12.3 Å². The highest BCUT2D eigenvalue weighted by Crippen LogP contribution is 2.27. The van der Waals surface area contributed by atoms with E-state index in [-0.39, 0.29) is 5.75 Å². The van der Waals surface area contributed by atoms with Crippen molar-refractivity contribution in [1.29, 1.82) is 0 Å². The first kappa shape index (κ1) is 12.4. The molecule has 1 heterocycles. The molecule has 0 unspecified atom stereocenters. The lowest BCUT2D eigenvalue weighted by Gasteiger charge is -2.11. The lowest BCUT2D eigenvalue weighted by molar-refractivity contribution is 0.301. The van der Waals surface area contributed by atoms with Crippen LogP contribution in [0.5, 0.6) is 5.75 Å². The van der Waals surface area contributed by atoms with Gasteiger partial charge in [-0.1, -0.05) is 6.92 Å². The van der Waals surface area contributed by atoms with Crippen LogP contribution >= 0.6 is 0 Å². The smallest absolute Gasteiger partial charge is 0.167 e. The van der Waals surface area contributed by atoms with Gasteiger partial charge in [0.1, 0.15) is 0 Å². The van der Waals surface area contributed by atoms with Crippen LogP contribution in [0.1, 0.15) is 19.0 Å². The first-order valence-electron chi connectivity index (χ1n) is 5.86. The lowest BCUT2D eigenvalue weighted by atomic mass is 10.2. The van der Waals surface area contributed by atoms with E-state index in [1.54, 1.807) is 16.9 Å². The van der Waals surface area contributed by atoms with Crippen molar-refractivity contribution in [3.8, 4) is 11.4 Å². The summed E-state index contributed by atoms with van der Waals surface area (Å²) in [5, 5.41) is 4.25. The van der Waals surface area contributed by atoms with E-state index in [0.717, 1.165) is 12.1 Å². The van der Waals surface area contributed by atoms with Crippen LogP contribution in [-0.2, 0) is 0 Å². The molecule has 0 saturated carbocycles. The van der Waals surface area contributed by atoms with Gasteiger partial charge in [-0.05, 0) is 19.4 Å². The third-order valence-electron chi connectivity index (χ3n) is 2.51. The van der Waals surface area contributed by atoms with Gasteiger partial charge in [0.2, 0.25) is 0 Å². The predicted molar refractivity (Wildman–Crippen MR) is 68.5 cm³/mol. The molecule has 1 aromatic carbocycles. The van der Waals surface area contributed by atoms with Gasteiger partial charge in [-0.2, -0.15) is 5.10 Å². The fraction of sp³-hybridized carbons (Fsp3) is 0.308. The largest absolute Gasteiger partial charge is 0.490 e. The Kier molecular flexibility index (Phi) is 3.50. The molecule has 0 aliphatic carbocycles. The molecule has 2 aromatic rings. The highest BCUT2D eigenvalue weighted by Gasteiger charge is 2.11. The quantitative estimate of drug-likeness (QED) is 0.847. The minimum Gasteiger partial charge on any atom is -0.490 e. The maximum atomic E-state index is 13.6. The summed E-state index contributed by atoms with van der Waals surface area (Å²) >= 11 is 0. The molecule has 4 nitrogen and oxygen atoms in total. The van der Waals surface area contributed by atoms with Crippen LogP contribution in [0.4, 0.5) is 10.1 Å². The van der Waals surface area contributed by atoms with Gasteiger partial charge < -0.3 is 10.5 Å². The van der Waals surface area contributed by atoms with E-state index >= 15 is 0 Å². The average molecular weight is 249 g/mol. The number of halogens is 1.